The van der Waals surface area contributed by atoms with Crippen molar-refractivity contribution in [3.8, 4) is 11.5 Å². The van der Waals surface area contributed by atoms with E-state index in [4.69, 9.17) is 10.3 Å². The van der Waals surface area contributed by atoms with Gasteiger partial charge in [-0.25, -0.2) is 9.97 Å². The van der Waals surface area contributed by atoms with Crippen molar-refractivity contribution in [1.29, 1.82) is 0 Å². The monoisotopic (exact) mass is 247 g/mol. The van der Waals surface area contributed by atoms with E-state index in [1.807, 2.05) is 20.8 Å². The largest absolute Gasteiger partial charge is 0.338 e. The van der Waals surface area contributed by atoms with E-state index < -0.39 is 0 Å². The molecule has 0 aliphatic carbocycles. The summed E-state index contributed by atoms with van der Waals surface area (Å²) in [6, 6.07) is 1.76. The Morgan fingerprint density at radius 2 is 2.11 bits per heavy atom. The second-order valence-corrected chi connectivity index (χ2v) is 4.83. The summed E-state index contributed by atoms with van der Waals surface area (Å²) in [7, 11) is 0. The Balaban J connectivity index is 2.31. The summed E-state index contributed by atoms with van der Waals surface area (Å²) in [5.41, 5.74) is 6.03. The third-order valence-electron chi connectivity index (χ3n) is 2.78. The van der Waals surface area contributed by atoms with E-state index in [0.717, 1.165) is 6.42 Å². The van der Waals surface area contributed by atoms with Gasteiger partial charge in [-0.3, -0.25) is 0 Å². The van der Waals surface area contributed by atoms with Crippen LogP contribution < -0.4 is 5.73 Å². The molecule has 2 N–H and O–H groups in total. The number of nitrogens with zero attached hydrogens (tertiary/aromatic N) is 4. The van der Waals surface area contributed by atoms with Crippen LogP contribution in [0.4, 0.5) is 0 Å². The van der Waals surface area contributed by atoms with Gasteiger partial charge in [0.1, 0.15) is 11.5 Å². The molecule has 96 valence electrons. The Morgan fingerprint density at radius 1 is 1.33 bits per heavy atom. The van der Waals surface area contributed by atoms with E-state index in [2.05, 4.69) is 20.1 Å². The molecule has 0 atom stereocenters. The lowest BCUT2D eigenvalue weighted by atomic mass is 9.89. The predicted octanol–water partition coefficient (Wildman–Crippen LogP) is 1.46. The average Bonchev–Trinajstić information content (AvgIpc) is 2.78. The molecule has 0 aliphatic heterocycles. The second kappa shape index (κ2) is 4.81. The zero-order chi connectivity index (χ0) is 13.2. The van der Waals surface area contributed by atoms with E-state index in [-0.39, 0.29) is 5.41 Å². The molecule has 0 fully saturated rings. The lowest BCUT2D eigenvalue weighted by molar-refractivity contribution is 0.298. The van der Waals surface area contributed by atoms with E-state index in [9.17, 15) is 0 Å². The van der Waals surface area contributed by atoms with Crippen molar-refractivity contribution in [2.75, 3.05) is 6.54 Å². The smallest absolute Gasteiger partial charge is 0.232 e. The molecule has 18 heavy (non-hydrogen) atoms. The average molecular weight is 247 g/mol. The second-order valence-electron chi connectivity index (χ2n) is 4.83. The Morgan fingerprint density at radius 3 is 2.78 bits per heavy atom. The molecule has 0 unspecified atom stereocenters. The third-order valence-corrected chi connectivity index (χ3v) is 2.78. The summed E-state index contributed by atoms with van der Waals surface area (Å²) in [6.45, 7) is 6.46. The Bertz CT molecular complexity index is 535. The van der Waals surface area contributed by atoms with Crippen LogP contribution in [0.1, 0.15) is 32.0 Å². The number of hydrogen-bond acceptors (Lipinski definition) is 6. The lowest BCUT2D eigenvalue weighted by Crippen LogP contribution is -2.22. The molecule has 0 spiro atoms. The summed E-state index contributed by atoms with van der Waals surface area (Å²) < 4.78 is 5.30. The normalized spacial score (nSPS) is 11.8. The fourth-order valence-corrected chi connectivity index (χ4v) is 1.65. The van der Waals surface area contributed by atoms with Crippen LogP contribution in [0, 0.1) is 6.92 Å². The van der Waals surface area contributed by atoms with Gasteiger partial charge >= 0.3 is 0 Å². The first kappa shape index (κ1) is 12.6. The highest BCUT2D eigenvalue weighted by atomic mass is 16.5. The van der Waals surface area contributed by atoms with Gasteiger partial charge in [0.25, 0.3) is 0 Å². The van der Waals surface area contributed by atoms with Crippen LogP contribution in [0.2, 0.25) is 0 Å². The third kappa shape index (κ3) is 2.53. The first-order valence-corrected chi connectivity index (χ1v) is 5.87. The number of nitrogens with two attached hydrogens (primary N) is 1. The van der Waals surface area contributed by atoms with Crippen molar-refractivity contribution in [2.24, 2.45) is 5.73 Å². The van der Waals surface area contributed by atoms with Crippen molar-refractivity contribution in [2.45, 2.75) is 32.6 Å². The maximum Gasteiger partial charge on any atom is 0.232 e. The van der Waals surface area contributed by atoms with Crippen LogP contribution in [-0.4, -0.2) is 26.7 Å². The maximum atomic E-state index is 5.58. The van der Waals surface area contributed by atoms with Gasteiger partial charge in [-0.1, -0.05) is 19.0 Å². The summed E-state index contributed by atoms with van der Waals surface area (Å²) in [4.78, 5) is 12.7. The van der Waals surface area contributed by atoms with Crippen LogP contribution in [0.15, 0.2) is 16.8 Å². The molecule has 0 saturated heterocycles. The van der Waals surface area contributed by atoms with Gasteiger partial charge in [0.15, 0.2) is 0 Å². The number of aryl methyl sites for hydroxylation is 1. The maximum absolute atomic E-state index is 5.58. The number of hydrogen-bond donors (Lipinski definition) is 1. The van der Waals surface area contributed by atoms with E-state index >= 15 is 0 Å². The van der Waals surface area contributed by atoms with Crippen molar-refractivity contribution in [3.63, 3.8) is 0 Å². The van der Waals surface area contributed by atoms with Gasteiger partial charge < -0.3 is 10.3 Å². The van der Waals surface area contributed by atoms with Gasteiger partial charge in [0.2, 0.25) is 11.7 Å². The van der Waals surface area contributed by atoms with Crippen LogP contribution in [0.3, 0.4) is 0 Å². The molecule has 2 aromatic heterocycles. The first-order chi connectivity index (χ1) is 8.53. The first-order valence-electron chi connectivity index (χ1n) is 5.87. The molecule has 2 rings (SSSR count). The SMILES string of the molecule is Cc1nccc(-c2noc(C(C)(C)CCN)n2)n1. The molecule has 0 aliphatic rings. The fraction of sp³-hybridized carbons (Fsp3) is 0.500. The molecule has 6 nitrogen and oxygen atoms in total. The summed E-state index contributed by atoms with van der Waals surface area (Å²) in [5.74, 6) is 1.75. The zero-order valence-corrected chi connectivity index (χ0v) is 10.8. The molecule has 2 heterocycles. The molecule has 0 amide bonds. The predicted molar refractivity (Wildman–Crippen MR) is 66.8 cm³/mol. The van der Waals surface area contributed by atoms with Crippen LogP contribution in [0.5, 0.6) is 0 Å². The van der Waals surface area contributed by atoms with Crippen LogP contribution in [-0.2, 0) is 5.41 Å². The standard InChI is InChI=1S/C12H17N5O/c1-8-14-7-4-9(15-8)10-16-11(18-17-10)12(2,3)5-6-13/h4,7H,5-6,13H2,1-3H3. The highest BCUT2D eigenvalue weighted by Gasteiger charge is 2.27. The van der Waals surface area contributed by atoms with Crippen molar-refractivity contribution in [3.05, 3.63) is 24.0 Å². The lowest BCUT2D eigenvalue weighted by Gasteiger charge is -2.17. The molecule has 2 aromatic rings. The highest BCUT2D eigenvalue weighted by molar-refractivity contribution is 5.47. The van der Waals surface area contributed by atoms with Gasteiger partial charge in [0.05, 0.1) is 0 Å². The van der Waals surface area contributed by atoms with Crippen molar-refractivity contribution >= 4 is 0 Å². The molecular weight excluding hydrogens is 230 g/mol. The fourth-order valence-electron chi connectivity index (χ4n) is 1.65. The molecule has 0 saturated carbocycles. The topological polar surface area (TPSA) is 90.7 Å². The quantitative estimate of drug-likeness (QED) is 0.879. The highest BCUT2D eigenvalue weighted by Crippen LogP contribution is 2.26. The van der Waals surface area contributed by atoms with Gasteiger partial charge in [-0.15, -0.1) is 0 Å². The number of rotatable bonds is 4. The van der Waals surface area contributed by atoms with Crippen molar-refractivity contribution in [1.82, 2.24) is 20.1 Å². The number of aromatic nitrogens is 4. The Kier molecular flexibility index (Phi) is 3.38. The summed E-state index contributed by atoms with van der Waals surface area (Å²) >= 11 is 0. The minimum absolute atomic E-state index is 0.220. The van der Waals surface area contributed by atoms with Gasteiger partial charge in [-0.2, -0.15) is 4.98 Å². The minimum atomic E-state index is -0.220. The molecule has 0 bridgehead atoms. The van der Waals surface area contributed by atoms with Crippen molar-refractivity contribution < 1.29 is 4.52 Å². The molecular formula is C12H17N5O. The van der Waals surface area contributed by atoms with Gasteiger partial charge in [0, 0.05) is 11.6 Å². The molecule has 6 heteroatoms. The van der Waals surface area contributed by atoms with E-state index in [0.29, 0.717) is 29.8 Å². The summed E-state index contributed by atoms with van der Waals surface area (Å²) in [6.07, 6.45) is 2.47. The van der Waals surface area contributed by atoms with Gasteiger partial charge in [-0.05, 0) is 26.0 Å². The summed E-state index contributed by atoms with van der Waals surface area (Å²) in [5, 5.41) is 3.96. The Labute approximate surface area is 106 Å². The van der Waals surface area contributed by atoms with Crippen LogP contribution in [0.25, 0.3) is 11.5 Å². The van der Waals surface area contributed by atoms with E-state index in [1.165, 1.54) is 0 Å². The van der Waals surface area contributed by atoms with E-state index in [1.54, 1.807) is 12.3 Å². The van der Waals surface area contributed by atoms with Crippen LogP contribution >= 0.6 is 0 Å². The minimum Gasteiger partial charge on any atom is -0.338 e. The zero-order valence-electron chi connectivity index (χ0n) is 10.8. The molecule has 0 radical (unpaired) electrons. The molecule has 0 aromatic carbocycles. The Hall–Kier alpha value is -1.82.